The first-order valence-electron chi connectivity index (χ1n) is 8.01. The molecule has 30 heavy (non-hydrogen) atoms. The lowest BCUT2D eigenvalue weighted by Gasteiger charge is -2.14. The third-order valence-electron chi connectivity index (χ3n) is 3.69. The Hall–Kier alpha value is -0.660. The summed E-state index contributed by atoms with van der Waals surface area (Å²) in [4.78, 5) is -2.95. The number of sulfonamides is 2. The number of hydrogen-bond donors (Lipinski definition) is 4. The average molecular weight is 538 g/mol. The summed E-state index contributed by atoms with van der Waals surface area (Å²) in [5, 5.41) is 19.0. The Kier molecular flexibility index (Phi) is 8.79. The summed E-state index contributed by atoms with van der Waals surface area (Å²) in [7, 11) is -8.10. The highest BCUT2D eigenvalue weighted by molar-refractivity contribution is 7.89. The maximum absolute atomic E-state index is 12.2. The Morgan fingerprint density at radius 1 is 0.600 bits per heavy atom. The Balaban J connectivity index is 2.20. The minimum absolute atomic E-state index is 0.131. The van der Waals surface area contributed by atoms with Gasteiger partial charge < -0.3 is 10.2 Å². The van der Waals surface area contributed by atoms with Crippen LogP contribution in [-0.2, 0) is 20.0 Å². The van der Waals surface area contributed by atoms with Crippen LogP contribution in [0.25, 0.3) is 11.1 Å². The van der Waals surface area contributed by atoms with E-state index in [4.69, 9.17) is 46.4 Å². The third kappa shape index (κ3) is 6.67. The van der Waals surface area contributed by atoms with Crippen molar-refractivity contribution in [2.75, 3.05) is 0 Å². The molecule has 0 spiro atoms. The number of hydrogen-bond acceptors (Lipinski definition) is 6. The van der Waals surface area contributed by atoms with Crippen molar-refractivity contribution in [3.05, 3.63) is 48.5 Å². The molecule has 0 bridgehead atoms. The quantitative estimate of drug-likeness (QED) is 0.286. The van der Waals surface area contributed by atoms with Crippen LogP contribution in [-0.4, -0.2) is 49.2 Å². The van der Waals surface area contributed by atoms with E-state index in [0.717, 1.165) is 0 Å². The van der Waals surface area contributed by atoms with Crippen molar-refractivity contribution in [2.45, 2.75) is 31.9 Å². The molecule has 0 saturated carbocycles. The van der Waals surface area contributed by atoms with Crippen molar-refractivity contribution in [1.82, 2.24) is 9.44 Å². The van der Waals surface area contributed by atoms with Crippen LogP contribution in [0.1, 0.15) is 0 Å². The van der Waals surface area contributed by atoms with Crippen LogP contribution in [0.15, 0.2) is 58.3 Å². The molecule has 0 aromatic heterocycles. The predicted molar refractivity (Wildman–Crippen MR) is 116 cm³/mol. The SMILES string of the molecule is O=S(=O)(NC(O)C(Cl)Cl)c1ccc(-c2ccc(S(=O)(=O)NC(O)C(Cl)Cl)cc2)cc1. The van der Waals surface area contributed by atoms with E-state index in [1.807, 2.05) is 9.44 Å². The van der Waals surface area contributed by atoms with Crippen molar-refractivity contribution in [3.8, 4) is 11.1 Å². The van der Waals surface area contributed by atoms with Crippen molar-refractivity contribution in [1.29, 1.82) is 0 Å². The van der Waals surface area contributed by atoms with Gasteiger partial charge >= 0.3 is 0 Å². The van der Waals surface area contributed by atoms with Gasteiger partial charge in [-0.15, -0.1) is 46.4 Å². The zero-order valence-electron chi connectivity index (χ0n) is 14.8. The fourth-order valence-corrected chi connectivity index (χ4v) is 4.93. The van der Waals surface area contributed by atoms with E-state index in [1.165, 1.54) is 48.5 Å². The molecule has 0 fully saturated rings. The molecule has 0 aliphatic carbocycles. The molecule has 2 aromatic carbocycles. The smallest absolute Gasteiger partial charge is 0.242 e. The Morgan fingerprint density at radius 3 is 1.10 bits per heavy atom. The first-order valence-corrected chi connectivity index (χ1v) is 12.7. The van der Waals surface area contributed by atoms with Gasteiger partial charge in [-0.25, -0.2) is 16.8 Å². The molecule has 0 aliphatic heterocycles. The molecule has 2 aromatic rings. The molecule has 166 valence electrons. The Morgan fingerprint density at radius 2 is 0.867 bits per heavy atom. The van der Waals surface area contributed by atoms with Gasteiger partial charge in [0.15, 0.2) is 0 Å². The second-order valence-corrected chi connectivity index (χ2v) is 11.6. The lowest BCUT2D eigenvalue weighted by molar-refractivity contribution is 0.177. The lowest BCUT2D eigenvalue weighted by Crippen LogP contribution is -2.38. The number of nitrogens with one attached hydrogen (secondary N) is 2. The highest BCUT2D eigenvalue weighted by Gasteiger charge is 2.24. The molecule has 0 heterocycles. The molecule has 2 atom stereocenters. The van der Waals surface area contributed by atoms with Gasteiger partial charge in [-0.1, -0.05) is 24.3 Å². The zero-order valence-corrected chi connectivity index (χ0v) is 19.4. The first-order chi connectivity index (χ1) is 13.8. The molecule has 2 unspecified atom stereocenters. The first kappa shape index (κ1) is 25.6. The van der Waals surface area contributed by atoms with Gasteiger partial charge in [0, 0.05) is 0 Å². The maximum Gasteiger partial charge on any atom is 0.242 e. The van der Waals surface area contributed by atoms with Gasteiger partial charge in [-0.05, 0) is 35.4 Å². The highest BCUT2D eigenvalue weighted by Crippen LogP contribution is 2.24. The largest absolute Gasteiger partial charge is 0.375 e. The molecule has 8 nitrogen and oxygen atoms in total. The van der Waals surface area contributed by atoms with E-state index in [1.54, 1.807) is 0 Å². The van der Waals surface area contributed by atoms with Crippen LogP contribution in [0.5, 0.6) is 0 Å². The third-order valence-corrected chi connectivity index (χ3v) is 7.54. The summed E-state index contributed by atoms with van der Waals surface area (Å²) < 4.78 is 52.6. The van der Waals surface area contributed by atoms with Crippen LogP contribution in [0.2, 0.25) is 0 Å². The second-order valence-electron chi connectivity index (χ2n) is 5.85. The monoisotopic (exact) mass is 536 g/mol. The van der Waals surface area contributed by atoms with E-state index in [0.29, 0.717) is 11.1 Å². The summed E-state index contributed by atoms with van der Waals surface area (Å²) in [6.07, 6.45) is -3.35. The van der Waals surface area contributed by atoms with E-state index in [2.05, 4.69) is 0 Å². The van der Waals surface area contributed by atoms with Crippen molar-refractivity contribution in [3.63, 3.8) is 0 Å². The van der Waals surface area contributed by atoms with Gasteiger partial charge in [0.2, 0.25) is 20.0 Å². The maximum atomic E-state index is 12.2. The summed E-state index contributed by atoms with van der Waals surface area (Å²) in [5.74, 6) is 0. The predicted octanol–water partition coefficient (Wildman–Crippen LogP) is 2.15. The molecule has 2 rings (SSSR count). The van der Waals surface area contributed by atoms with E-state index in [9.17, 15) is 27.0 Å². The number of halogens is 4. The average Bonchev–Trinajstić information content (AvgIpc) is 2.67. The van der Waals surface area contributed by atoms with Gasteiger partial charge in [0.25, 0.3) is 0 Å². The summed E-state index contributed by atoms with van der Waals surface area (Å²) in [6.45, 7) is 0. The Bertz CT molecular complexity index is 974. The number of aliphatic hydroxyl groups is 2. The van der Waals surface area contributed by atoms with Gasteiger partial charge in [-0.2, -0.15) is 9.44 Å². The van der Waals surface area contributed by atoms with E-state index >= 15 is 0 Å². The van der Waals surface area contributed by atoms with Crippen LogP contribution in [0.3, 0.4) is 0 Å². The molecule has 0 saturated heterocycles. The molecule has 0 aliphatic rings. The normalized spacial score (nSPS) is 14.8. The number of benzene rings is 2. The molecule has 14 heteroatoms. The summed E-state index contributed by atoms with van der Waals surface area (Å²) >= 11 is 21.7. The number of alkyl halides is 4. The standard InChI is InChI=1S/C16H16Cl4N2O6S2/c17-13(18)15(23)21-29(25,26)11-5-1-9(2-6-11)10-3-7-12(8-4-10)30(27,28)22-16(24)14(19)20/h1-8,13-16,21-24H. The van der Waals surface area contributed by atoms with Crippen LogP contribution in [0, 0.1) is 0 Å². The van der Waals surface area contributed by atoms with Crippen LogP contribution < -0.4 is 9.44 Å². The minimum Gasteiger partial charge on any atom is -0.375 e. The van der Waals surface area contributed by atoms with Crippen molar-refractivity contribution < 1.29 is 27.0 Å². The fourth-order valence-electron chi connectivity index (χ4n) is 2.21. The van der Waals surface area contributed by atoms with Crippen LogP contribution in [0.4, 0.5) is 0 Å². The second kappa shape index (κ2) is 10.3. The van der Waals surface area contributed by atoms with Crippen LogP contribution >= 0.6 is 46.4 Å². The molecule has 0 radical (unpaired) electrons. The number of rotatable bonds is 9. The molecule has 4 N–H and O–H groups in total. The minimum atomic E-state index is -4.05. The molecular formula is C16H16Cl4N2O6S2. The fraction of sp³-hybridized carbons (Fsp3) is 0.250. The van der Waals surface area contributed by atoms with E-state index in [-0.39, 0.29) is 9.79 Å². The highest BCUT2D eigenvalue weighted by atomic mass is 35.5. The zero-order chi connectivity index (χ0) is 22.7. The lowest BCUT2D eigenvalue weighted by atomic mass is 10.1. The topological polar surface area (TPSA) is 133 Å². The van der Waals surface area contributed by atoms with Gasteiger partial charge in [0.05, 0.1) is 9.79 Å². The van der Waals surface area contributed by atoms with E-state index < -0.39 is 42.2 Å². The van der Waals surface area contributed by atoms with Gasteiger partial charge in [-0.3, -0.25) is 0 Å². The van der Waals surface area contributed by atoms with Crippen molar-refractivity contribution >= 4 is 66.5 Å². The molecular weight excluding hydrogens is 522 g/mol. The van der Waals surface area contributed by atoms with Gasteiger partial charge in [0.1, 0.15) is 22.1 Å². The molecule has 0 amide bonds. The summed E-state index contributed by atoms with van der Waals surface area (Å²) in [6, 6.07) is 11.2. The van der Waals surface area contributed by atoms with Crippen molar-refractivity contribution in [2.24, 2.45) is 0 Å². The Labute approximate surface area is 193 Å². The summed E-state index contributed by atoms with van der Waals surface area (Å²) in [5.41, 5.74) is 1.20. The number of aliphatic hydroxyl groups excluding tert-OH is 2.